The third-order valence-corrected chi connectivity index (χ3v) is 2.35. The molecule has 6 heteroatoms. The van der Waals surface area contributed by atoms with Gasteiger partial charge in [0.25, 0.3) is 0 Å². The van der Waals surface area contributed by atoms with Crippen LogP contribution in [0.4, 0.5) is 18.9 Å². The van der Waals surface area contributed by atoms with Crippen molar-refractivity contribution in [3.63, 3.8) is 0 Å². The van der Waals surface area contributed by atoms with Gasteiger partial charge in [-0.3, -0.25) is 9.78 Å². The number of aromatic nitrogens is 1. The summed E-state index contributed by atoms with van der Waals surface area (Å²) in [6.45, 7) is 0. The van der Waals surface area contributed by atoms with E-state index in [1.54, 1.807) is 0 Å². The number of carbonyl (C=O) groups is 1. The van der Waals surface area contributed by atoms with Crippen molar-refractivity contribution in [2.45, 2.75) is 19.0 Å². The molecule has 0 unspecified atom stereocenters. The van der Waals surface area contributed by atoms with E-state index < -0.39 is 11.7 Å². The van der Waals surface area contributed by atoms with E-state index in [0.29, 0.717) is 18.5 Å². The fourth-order valence-corrected chi connectivity index (χ4v) is 1.54. The number of nitrogens with one attached hydrogen (secondary N) is 1. The first-order valence-corrected chi connectivity index (χ1v) is 4.98. The van der Waals surface area contributed by atoms with Gasteiger partial charge < -0.3 is 5.32 Å². The second-order valence-electron chi connectivity index (χ2n) is 3.72. The zero-order valence-electron chi connectivity index (χ0n) is 8.71. The van der Waals surface area contributed by atoms with Crippen LogP contribution in [-0.4, -0.2) is 10.8 Å². The Kier molecular flexibility index (Phi) is 2.87. The lowest BCUT2D eigenvalue weighted by Crippen LogP contribution is -2.07. The number of pyridine rings is 1. The van der Waals surface area contributed by atoms with Crippen LogP contribution in [0.1, 0.15) is 18.4 Å². The molecule has 2 rings (SSSR count). The molecule has 0 fully saturated rings. The number of ketones is 1. The van der Waals surface area contributed by atoms with Crippen molar-refractivity contribution in [3.8, 4) is 0 Å². The van der Waals surface area contributed by atoms with Crippen LogP contribution >= 0.6 is 0 Å². The molecule has 0 aromatic carbocycles. The van der Waals surface area contributed by atoms with Crippen LogP contribution in [0.5, 0.6) is 0 Å². The number of hydrogen-bond acceptors (Lipinski definition) is 3. The molecule has 17 heavy (non-hydrogen) atoms. The Morgan fingerprint density at radius 2 is 2.00 bits per heavy atom. The van der Waals surface area contributed by atoms with Crippen molar-refractivity contribution in [1.82, 2.24) is 4.98 Å². The molecular formula is C11H9F3N2O. The first-order chi connectivity index (χ1) is 7.95. The second kappa shape index (κ2) is 4.20. The summed E-state index contributed by atoms with van der Waals surface area (Å²) in [5.41, 5.74) is 0.0457. The summed E-state index contributed by atoms with van der Waals surface area (Å²) in [6, 6.07) is 0.969. The minimum absolute atomic E-state index is 0.0209. The molecule has 1 heterocycles. The van der Waals surface area contributed by atoms with Gasteiger partial charge in [-0.05, 0) is 12.5 Å². The molecule has 0 spiro atoms. The van der Waals surface area contributed by atoms with E-state index in [-0.39, 0.29) is 11.5 Å². The van der Waals surface area contributed by atoms with E-state index in [2.05, 4.69) is 10.3 Å². The van der Waals surface area contributed by atoms with Gasteiger partial charge >= 0.3 is 6.18 Å². The van der Waals surface area contributed by atoms with Gasteiger partial charge in [-0.1, -0.05) is 0 Å². The second-order valence-corrected chi connectivity index (χ2v) is 3.72. The van der Waals surface area contributed by atoms with Crippen LogP contribution in [0.3, 0.4) is 0 Å². The van der Waals surface area contributed by atoms with Crippen molar-refractivity contribution < 1.29 is 18.0 Å². The highest BCUT2D eigenvalue weighted by atomic mass is 19.4. The van der Waals surface area contributed by atoms with Gasteiger partial charge in [0.05, 0.1) is 17.4 Å². The van der Waals surface area contributed by atoms with Crippen LogP contribution in [-0.2, 0) is 11.0 Å². The van der Waals surface area contributed by atoms with Gasteiger partial charge in [0.1, 0.15) is 0 Å². The number of alkyl halides is 3. The van der Waals surface area contributed by atoms with Gasteiger partial charge in [0.2, 0.25) is 0 Å². The predicted octanol–water partition coefficient (Wildman–Crippen LogP) is 2.76. The van der Waals surface area contributed by atoms with Gasteiger partial charge in [0, 0.05) is 24.4 Å². The van der Waals surface area contributed by atoms with Gasteiger partial charge in [-0.2, -0.15) is 13.2 Å². The Morgan fingerprint density at radius 3 is 2.59 bits per heavy atom. The molecule has 1 aliphatic carbocycles. The number of carbonyl (C=O) groups excluding carboxylic acids is 1. The number of anilines is 1. The van der Waals surface area contributed by atoms with E-state index in [1.807, 2.05) is 0 Å². The highest BCUT2D eigenvalue weighted by Crippen LogP contribution is 2.30. The average Bonchev–Trinajstić information content (AvgIpc) is 2.63. The fraction of sp³-hybridized carbons (Fsp3) is 0.273. The quantitative estimate of drug-likeness (QED) is 0.867. The van der Waals surface area contributed by atoms with Crippen LogP contribution in [0.25, 0.3) is 0 Å². The van der Waals surface area contributed by atoms with Gasteiger partial charge in [-0.15, -0.1) is 0 Å². The molecule has 90 valence electrons. The highest BCUT2D eigenvalue weighted by molar-refractivity contribution is 5.93. The standard InChI is InChI=1S/C11H9F3N2O/c12-11(13,14)7-3-9(6-15-5-7)16-8-1-2-10(17)4-8/h3-6,16H,1-2H2. The lowest BCUT2D eigenvalue weighted by Gasteiger charge is -2.10. The van der Waals surface area contributed by atoms with Gasteiger partial charge in [-0.25, -0.2) is 0 Å². The van der Waals surface area contributed by atoms with Crippen LogP contribution in [0.2, 0.25) is 0 Å². The molecule has 0 bridgehead atoms. The molecule has 1 aliphatic rings. The first kappa shape index (κ1) is 11.6. The molecule has 1 N–H and O–H groups in total. The van der Waals surface area contributed by atoms with E-state index in [1.165, 1.54) is 12.3 Å². The van der Waals surface area contributed by atoms with Crippen molar-refractivity contribution in [1.29, 1.82) is 0 Å². The largest absolute Gasteiger partial charge is 0.417 e. The lowest BCUT2D eigenvalue weighted by molar-refractivity contribution is -0.137. The molecule has 1 aromatic heterocycles. The van der Waals surface area contributed by atoms with Crippen LogP contribution in [0, 0.1) is 0 Å². The zero-order valence-corrected chi connectivity index (χ0v) is 8.71. The molecule has 0 saturated carbocycles. The van der Waals surface area contributed by atoms with E-state index in [4.69, 9.17) is 0 Å². The summed E-state index contributed by atoms with van der Waals surface area (Å²) in [5.74, 6) is -0.0209. The Morgan fingerprint density at radius 1 is 1.24 bits per heavy atom. The van der Waals surface area contributed by atoms with E-state index in [0.717, 1.165) is 12.3 Å². The topological polar surface area (TPSA) is 42.0 Å². The first-order valence-electron chi connectivity index (χ1n) is 4.98. The zero-order chi connectivity index (χ0) is 12.5. The maximum atomic E-state index is 12.4. The molecule has 0 radical (unpaired) electrons. The van der Waals surface area contributed by atoms with Crippen molar-refractivity contribution in [3.05, 3.63) is 35.8 Å². The molecular weight excluding hydrogens is 233 g/mol. The normalized spacial score (nSPS) is 15.9. The monoisotopic (exact) mass is 242 g/mol. The number of nitrogens with zero attached hydrogens (tertiary/aromatic N) is 1. The summed E-state index contributed by atoms with van der Waals surface area (Å²) in [6.07, 6.45) is -0.0349. The number of rotatable bonds is 2. The molecule has 0 saturated heterocycles. The molecule has 1 aromatic rings. The fourth-order valence-electron chi connectivity index (χ4n) is 1.54. The smallest absolute Gasteiger partial charge is 0.358 e. The summed E-state index contributed by atoms with van der Waals surface area (Å²) >= 11 is 0. The maximum absolute atomic E-state index is 12.4. The summed E-state index contributed by atoms with van der Waals surface area (Å²) in [7, 11) is 0. The molecule has 0 aliphatic heterocycles. The van der Waals surface area contributed by atoms with Crippen molar-refractivity contribution in [2.24, 2.45) is 0 Å². The van der Waals surface area contributed by atoms with Crippen LogP contribution in [0.15, 0.2) is 30.2 Å². The highest BCUT2D eigenvalue weighted by Gasteiger charge is 2.31. The number of halogens is 3. The summed E-state index contributed by atoms with van der Waals surface area (Å²) < 4.78 is 37.2. The molecule has 0 atom stereocenters. The van der Waals surface area contributed by atoms with E-state index in [9.17, 15) is 18.0 Å². The molecule has 0 amide bonds. The number of hydrogen-bond donors (Lipinski definition) is 1. The summed E-state index contributed by atoms with van der Waals surface area (Å²) in [5, 5.41) is 2.76. The molecule has 3 nitrogen and oxygen atoms in total. The third kappa shape index (κ3) is 2.83. The lowest BCUT2D eigenvalue weighted by atomic mass is 10.2. The number of allylic oxidation sites excluding steroid dienone is 2. The Balaban J connectivity index is 2.17. The Labute approximate surface area is 95.4 Å². The Bertz CT molecular complexity index is 480. The van der Waals surface area contributed by atoms with Crippen molar-refractivity contribution >= 4 is 11.5 Å². The predicted molar refractivity (Wildman–Crippen MR) is 55.2 cm³/mol. The SMILES string of the molecule is O=C1C=C(Nc2cncc(C(F)(F)F)c2)CC1. The maximum Gasteiger partial charge on any atom is 0.417 e. The summed E-state index contributed by atoms with van der Waals surface area (Å²) in [4.78, 5) is 14.5. The third-order valence-electron chi connectivity index (χ3n) is 2.35. The van der Waals surface area contributed by atoms with Crippen molar-refractivity contribution in [2.75, 3.05) is 5.32 Å². The average molecular weight is 242 g/mol. The minimum atomic E-state index is -4.41. The minimum Gasteiger partial charge on any atom is -0.358 e. The van der Waals surface area contributed by atoms with Gasteiger partial charge in [0.15, 0.2) is 5.78 Å². The Hall–Kier alpha value is -1.85. The van der Waals surface area contributed by atoms with Crippen LogP contribution < -0.4 is 5.32 Å². The van der Waals surface area contributed by atoms with E-state index >= 15 is 0 Å².